The van der Waals surface area contributed by atoms with E-state index in [9.17, 15) is 0 Å². The van der Waals surface area contributed by atoms with Gasteiger partial charge in [-0.05, 0) is 109 Å². The van der Waals surface area contributed by atoms with Crippen LogP contribution in [0.5, 0.6) is 11.5 Å². The Bertz CT molecular complexity index is 2870. The fraction of sp³-hybridized carbons (Fsp3) is 0.192. The summed E-state index contributed by atoms with van der Waals surface area (Å²) in [5.41, 5.74) is 11.0. The summed E-state index contributed by atoms with van der Waals surface area (Å²) in [4.78, 5) is 2.40. The Labute approximate surface area is 332 Å². The fourth-order valence-electron chi connectivity index (χ4n) is 10.9. The summed E-state index contributed by atoms with van der Waals surface area (Å²) in [6, 6.07) is 44.5. The van der Waals surface area contributed by atoms with E-state index in [1.165, 1.54) is 66.0 Å². The Morgan fingerprint density at radius 3 is 2.09 bits per heavy atom. The van der Waals surface area contributed by atoms with E-state index in [0.717, 1.165) is 78.5 Å². The lowest BCUT2D eigenvalue weighted by atomic mass is 9.66. The van der Waals surface area contributed by atoms with Gasteiger partial charge in [-0.15, -0.1) is 0 Å². The van der Waals surface area contributed by atoms with Crippen molar-refractivity contribution < 1.29 is 18.9 Å². The number of rotatable bonds is 5. The summed E-state index contributed by atoms with van der Waals surface area (Å²) in [5.74, 6) is 2.70. The predicted octanol–water partition coefficient (Wildman–Crippen LogP) is 11.1. The molecule has 1 spiro atoms. The Hall–Kier alpha value is -6.30. The number of hydrogen-bond donors (Lipinski definition) is 0. The molecule has 0 amide bonds. The molecule has 7 aromatic carbocycles. The number of nitrogens with zero attached hydrogens (tertiary/aromatic N) is 1. The molecule has 5 nitrogen and oxygen atoms in total. The minimum Gasteiger partial charge on any atom is -0.501 e. The Balaban J connectivity index is 1.18. The molecule has 57 heavy (non-hydrogen) atoms. The third kappa shape index (κ3) is 4.32. The van der Waals surface area contributed by atoms with Crippen LogP contribution < -0.4 is 14.4 Å². The molecule has 7 aromatic rings. The molecule has 0 bridgehead atoms. The summed E-state index contributed by atoms with van der Waals surface area (Å²) in [6.45, 7) is 3.27. The Morgan fingerprint density at radius 1 is 0.667 bits per heavy atom. The zero-order chi connectivity index (χ0) is 37.9. The van der Waals surface area contributed by atoms with E-state index in [4.69, 9.17) is 18.9 Å². The average molecular weight is 744 g/mol. The van der Waals surface area contributed by atoms with Gasteiger partial charge in [0.1, 0.15) is 11.5 Å². The zero-order valence-corrected chi connectivity index (χ0v) is 32.1. The maximum atomic E-state index is 7.80. The second kappa shape index (κ2) is 12.1. The van der Waals surface area contributed by atoms with Crippen molar-refractivity contribution in [1.82, 2.24) is 0 Å². The van der Waals surface area contributed by atoms with E-state index in [1.807, 2.05) is 7.11 Å². The number of anilines is 1. The van der Waals surface area contributed by atoms with Crippen LogP contribution in [-0.4, -0.2) is 40.5 Å². The normalized spacial score (nSPS) is 19.9. The monoisotopic (exact) mass is 743 g/mol. The van der Waals surface area contributed by atoms with Gasteiger partial charge in [0, 0.05) is 47.3 Å². The summed E-state index contributed by atoms with van der Waals surface area (Å²) >= 11 is 0. The van der Waals surface area contributed by atoms with Crippen molar-refractivity contribution in [3.63, 3.8) is 0 Å². The van der Waals surface area contributed by atoms with E-state index in [0.29, 0.717) is 0 Å². The van der Waals surface area contributed by atoms with Crippen molar-refractivity contribution in [3.8, 4) is 11.5 Å². The van der Waals surface area contributed by atoms with Crippen molar-refractivity contribution in [2.45, 2.75) is 23.9 Å². The quantitative estimate of drug-likeness (QED) is 0.164. The van der Waals surface area contributed by atoms with Gasteiger partial charge >= 0.3 is 0 Å². The first-order chi connectivity index (χ1) is 28.1. The van der Waals surface area contributed by atoms with Gasteiger partial charge in [0.15, 0.2) is 5.60 Å². The van der Waals surface area contributed by atoms with Crippen LogP contribution in [-0.2, 0) is 20.5 Å². The van der Waals surface area contributed by atoms with Crippen molar-refractivity contribution in [2.24, 2.45) is 0 Å². The van der Waals surface area contributed by atoms with Crippen molar-refractivity contribution in [2.75, 3.05) is 45.4 Å². The highest BCUT2D eigenvalue weighted by molar-refractivity contribution is 6.19. The predicted molar refractivity (Wildman–Crippen MR) is 229 cm³/mol. The molecule has 0 saturated carbocycles. The van der Waals surface area contributed by atoms with Gasteiger partial charge in [0.25, 0.3) is 0 Å². The highest BCUT2D eigenvalue weighted by atomic mass is 16.5. The molecule has 278 valence electrons. The molecule has 5 heteroatoms. The number of morpholine rings is 1. The lowest BCUT2D eigenvalue weighted by molar-refractivity contribution is 0.122. The number of methoxy groups -OCH3 is 2. The molecule has 1 unspecified atom stereocenters. The first-order valence-corrected chi connectivity index (χ1v) is 20.1. The van der Waals surface area contributed by atoms with Crippen LogP contribution in [0, 0.1) is 0 Å². The molecule has 0 aromatic heterocycles. The molecule has 12 rings (SSSR count). The van der Waals surface area contributed by atoms with E-state index >= 15 is 0 Å². The van der Waals surface area contributed by atoms with Crippen LogP contribution in [0.1, 0.15) is 51.8 Å². The van der Waals surface area contributed by atoms with Crippen LogP contribution in [0.3, 0.4) is 0 Å². The number of benzene rings is 7. The summed E-state index contributed by atoms with van der Waals surface area (Å²) < 4.78 is 25.5. The second-order valence-corrected chi connectivity index (χ2v) is 15.9. The van der Waals surface area contributed by atoms with Crippen molar-refractivity contribution >= 4 is 49.7 Å². The summed E-state index contributed by atoms with van der Waals surface area (Å²) in [5, 5.41) is 7.44. The van der Waals surface area contributed by atoms with Gasteiger partial charge in [-0.1, -0.05) is 97.1 Å². The molecule has 1 saturated heterocycles. The smallest absolute Gasteiger partial charge is 0.178 e. The maximum Gasteiger partial charge on any atom is 0.178 e. The molecule has 2 aliphatic heterocycles. The topological polar surface area (TPSA) is 40.2 Å². The lowest BCUT2D eigenvalue weighted by Crippen LogP contribution is -2.37. The second-order valence-electron chi connectivity index (χ2n) is 15.9. The van der Waals surface area contributed by atoms with Gasteiger partial charge in [-0.2, -0.15) is 0 Å². The molecule has 1 atom stereocenters. The largest absolute Gasteiger partial charge is 0.501 e. The molecule has 2 heterocycles. The molecular formula is C52H41NO4. The molecule has 3 aliphatic carbocycles. The standard InChI is InChI=1S/C52H41NO4/c1-54-37-20-22-39-42(30-37)50-41(24-25-51(57-50,34-10-4-3-5-11-34)35-16-18-36(19-17-35)53-26-28-56-29-27-53)49-48(39)40-23-21-38(55-2)31-45(40)52(49)43-12-6-8-32-14-15-33-9-7-13-44(52)47(33)46(32)43/h3-20,22,24-25,30-31H,21,23,26-29H2,1-2H3. The van der Waals surface area contributed by atoms with Crippen LogP contribution in [0.2, 0.25) is 0 Å². The molecule has 0 N–H and O–H groups in total. The zero-order valence-electron chi connectivity index (χ0n) is 32.1. The van der Waals surface area contributed by atoms with Crippen LogP contribution in [0.4, 0.5) is 5.69 Å². The van der Waals surface area contributed by atoms with Gasteiger partial charge in [0.2, 0.25) is 0 Å². The van der Waals surface area contributed by atoms with Crippen LogP contribution in [0.25, 0.3) is 44.0 Å². The van der Waals surface area contributed by atoms with Gasteiger partial charge < -0.3 is 23.8 Å². The fourth-order valence-corrected chi connectivity index (χ4v) is 10.9. The minimum absolute atomic E-state index is 0.573. The number of allylic oxidation sites excluding steroid dienone is 4. The van der Waals surface area contributed by atoms with E-state index in [-0.39, 0.29) is 0 Å². The van der Waals surface area contributed by atoms with E-state index in [1.54, 1.807) is 7.11 Å². The minimum atomic E-state index is -0.886. The highest BCUT2D eigenvalue weighted by Crippen LogP contribution is 2.67. The van der Waals surface area contributed by atoms with Gasteiger partial charge in [0.05, 0.1) is 38.6 Å². The lowest BCUT2D eigenvalue weighted by Gasteiger charge is -2.40. The molecule has 5 aliphatic rings. The van der Waals surface area contributed by atoms with Crippen molar-refractivity contribution in [3.05, 3.63) is 184 Å². The van der Waals surface area contributed by atoms with Gasteiger partial charge in [-0.25, -0.2) is 0 Å². The number of ether oxygens (including phenoxy) is 4. The van der Waals surface area contributed by atoms with Crippen LogP contribution in [0.15, 0.2) is 145 Å². The maximum absolute atomic E-state index is 7.80. The van der Waals surface area contributed by atoms with Gasteiger partial charge in [-0.3, -0.25) is 0 Å². The Morgan fingerprint density at radius 2 is 1.39 bits per heavy atom. The van der Waals surface area contributed by atoms with Crippen molar-refractivity contribution in [1.29, 1.82) is 0 Å². The highest BCUT2D eigenvalue weighted by Gasteiger charge is 2.55. The first kappa shape index (κ1) is 32.9. The Kier molecular flexibility index (Phi) is 6.98. The van der Waals surface area contributed by atoms with Crippen LogP contribution >= 0.6 is 0 Å². The summed E-state index contributed by atoms with van der Waals surface area (Å²) in [7, 11) is 3.56. The van der Waals surface area contributed by atoms with E-state index in [2.05, 4.69) is 144 Å². The average Bonchev–Trinajstić information content (AvgIpc) is 3.77. The van der Waals surface area contributed by atoms with E-state index < -0.39 is 11.0 Å². The summed E-state index contributed by atoms with van der Waals surface area (Å²) in [6.07, 6.45) is 8.79. The third-order valence-corrected chi connectivity index (χ3v) is 13.4. The number of fused-ring (bicyclic) bond motifs is 11. The SMILES string of the molecule is COC1=CC2=C(CC1)c1c(c3c(c4cc(OC)ccc14)OC(c1ccccc1)(c1ccc(N4CCOCC4)cc1)C=C3)C21c2cccc3ccc4cccc1c4c23. The number of hydrogen-bond acceptors (Lipinski definition) is 5. The molecule has 0 radical (unpaired) electrons. The first-order valence-electron chi connectivity index (χ1n) is 20.1. The third-order valence-electron chi connectivity index (χ3n) is 13.4. The molecule has 1 fully saturated rings. The molecular weight excluding hydrogens is 703 g/mol.